The second kappa shape index (κ2) is 3.98. The Bertz CT molecular complexity index is 481. The lowest BCUT2D eigenvalue weighted by molar-refractivity contribution is 0.401. The number of nitrogens with zero attached hydrogens (tertiary/aromatic N) is 1. The van der Waals surface area contributed by atoms with Gasteiger partial charge in [-0.1, -0.05) is 0 Å². The Labute approximate surface area is 91.4 Å². The Morgan fingerprint density at radius 2 is 2.20 bits per heavy atom. The molecule has 0 fully saturated rings. The number of aryl methyl sites for hydroxylation is 1. The van der Waals surface area contributed by atoms with E-state index in [4.69, 9.17) is 4.74 Å². The lowest BCUT2D eigenvalue weighted by atomic mass is 10.1. The van der Waals surface area contributed by atoms with Crippen molar-refractivity contribution in [1.29, 1.82) is 0 Å². The SMILES string of the molecule is COc1csc(-c2ccc(F)c(C)c2)n1. The fourth-order valence-corrected chi connectivity index (χ4v) is 2.03. The molecule has 1 aromatic carbocycles. The molecule has 0 aliphatic heterocycles. The summed E-state index contributed by atoms with van der Waals surface area (Å²) in [6, 6.07) is 4.97. The van der Waals surface area contributed by atoms with Crippen LogP contribution in [0.15, 0.2) is 23.6 Å². The first kappa shape index (κ1) is 10.1. The average molecular weight is 223 g/mol. The minimum absolute atomic E-state index is 0.192. The van der Waals surface area contributed by atoms with E-state index in [0.29, 0.717) is 11.4 Å². The summed E-state index contributed by atoms with van der Waals surface area (Å²) in [5.41, 5.74) is 1.55. The van der Waals surface area contributed by atoms with E-state index in [9.17, 15) is 4.39 Å². The molecule has 0 radical (unpaired) electrons. The zero-order chi connectivity index (χ0) is 10.8. The first-order valence-electron chi connectivity index (χ1n) is 4.47. The van der Waals surface area contributed by atoms with E-state index in [1.54, 1.807) is 26.2 Å². The van der Waals surface area contributed by atoms with E-state index in [-0.39, 0.29) is 5.82 Å². The maximum Gasteiger partial charge on any atom is 0.224 e. The lowest BCUT2D eigenvalue weighted by Crippen LogP contribution is -1.85. The third-order valence-electron chi connectivity index (χ3n) is 2.10. The summed E-state index contributed by atoms with van der Waals surface area (Å²) >= 11 is 1.48. The first-order chi connectivity index (χ1) is 7.20. The van der Waals surface area contributed by atoms with Gasteiger partial charge in [0.05, 0.1) is 12.5 Å². The summed E-state index contributed by atoms with van der Waals surface area (Å²) < 4.78 is 18.0. The zero-order valence-electron chi connectivity index (χ0n) is 8.45. The van der Waals surface area contributed by atoms with Gasteiger partial charge in [0.2, 0.25) is 5.88 Å². The van der Waals surface area contributed by atoms with Crippen LogP contribution in [0, 0.1) is 12.7 Å². The van der Waals surface area contributed by atoms with Crippen LogP contribution in [-0.4, -0.2) is 12.1 Å². The van der Waals surface area contributed by atoms with Crippen molar-refractivity contribution >= 4 is 11.3 Å². The third-order valence-corrected chi connectivity index (χ3v) is 2.97. The molecule has 0 unspecified atom stereocenters. The van der Waals surface area contributed by atoms with E-state index in [2.05, 4.69) is 4.98 Å². The number of thiazole rings is 1. The molecule has 0 saturated heterocycles. The van der Waals surface area contributed by atoms with Crippen molar-refractivity contribution in [3.05, 3.63) is 35.0 Å². The van der Waals surface area contributed by atoms with Crippen molar-refractivity contribution in [1.82, 2.24) is 4.98 Å². The summed E-state index contributed by atoms with van der Waals surface area (Å²) in [7, 11) is 1.58. The molecule has 0 amide bonds. The van der Waals surface area contributed by atoms with E-state index in [0.717, 1.165) is 10.6 Å². The minimum atomic E-state index is -0.192. The van der Waals surface area contributed by atoms with Gasteiger partial charge >= 0.3 is 0 Å². The van der Waals surface area contributed by atoms with Crippen LogP contribution in [0.25, 0.3) is 10.6 Å². The molecule has 78 valence electrons. The van der Waals surface area contributed by atoms with Crippen LogP contribution >= 0.6 is 11.3 Å². The molecule has 0 bridgehead atoms. The van der Waals surface area contributed by atoms with Gasteiger partial charge in [0.15, 0.2) is 0 Å². The summed E-state index contributed by atoms with van der Waals surface area (Å²) in [5, 5.41) is 2.67. The summed E-state index contributed by atoms with van der Waals surface area (Å²) in [5.74, 6) is 0.402. The van der Waals surface area contributed by atoms with Gasteiger partial charge in [-0.3, -0.25) is 0 Å². The molecule has 0 N–H and O–H groups in total. The first-order valence-corrected chi connectivity index (χ1v) is 5.34. The van der Waals surface area contributed by atoms with Crippen molar-refractivity contribution < 1.29 is 9.13 Å². The minimum Gasteiger partial charge on any atom is -0.480 e. The van der Waals surface area contributed by atoms with Crippen LogP contribution in [-0.2, 0) is 0 Å². The highest BCUT2D eigenvalue weighted by Crippen LogP contribution is 2.27. The van der Waals surface area contributed by atoms with Gasteiger partial charge in [0.25, 0.3) is 0 Å². The van der Waals surface area contributed by atoms with Crippen molar-refractivity contribution in [2.24, 2.45) is 0 Å². The molecule has 1 heterocycles. The molecule has 15 heavy (non-hydrogen) atoms. The fourth-order valence-electron chi connectivity index (χ4n) is 1.26. The lowest BCUT2D eigenvalue weighted by Gasteiger charge is -1.99. The number of ether oxygens (including phenoxy) is 1. The van der Waals surface area contributed by atoms with Crippen molar-refractivity contribution in [3.8, 4) is 16.5 Å². The van der Waals surface area contributed by atoms with Gasteiger partial charge in [0.1, 0.15) is 10.8 Å². The van der Waals surface area contributed by atoms with Crippen molar-refractivity contribution in [3.63, 3.8) is 0 Å². The second-order valence-electron chi connectivity index (χ2n) is 3.16. The number of halogens is 1. The predicted octanol–water partition coefficient (Wildman–Crippen LogP) is 3.27. The molecule has 0 saturated carbocycles. The molecule has 0 aliphatic rings. The molecule has 0 aliphatic carbocycles. The van der Waals surface area contributed by atoms with Gasteiger partial charge in [-0.25, -0.2) is 9.37 Å². The van der Waals surface area contributed by atoms with E-state index in [1.807, 2.05) is 5.38 Å². The Hall–Kier alpha value is -1.42. The Balaban J connectivity index is 2.40. The fraction of sp³-hybridized carbons (Fsp3) is 0.182. The number of hydrogen-bond acceptors (Lipinski definition) is 3. The smallest absolute Gasteiger partial charge is 0.224 e. The molecular weight excluding hydrogens is 213 g/mol. The van der Waals surface area contributed by atoms with Crippen LogP contribution in [0.3, 0.4) is 0 Å². The van der Waals surface area contributed by atoms with Crippen molar-refractivity contribution in [2.75, 3.05) is 7.11 Å². The monoisotopic (exact) mass is 223 g/mol. The van der Waals surface area contributed by atoms with E-state index in [1.165, 1.54) is 17.4 Å². The molecule has 4 heteroatoms. The van der Waals surface area contributed by atoms with Gasteiger partial charge in [0, 0.05) is 5.56 Å². The summed E-state index contributed by atoms with van der Waals surface area (Å²) in [4.78, 5) is 4.24. The number of methoxy groups -OCH3 is 1. The Morgan fingerprint density at radius 3 is 2.80 bits per heavy atom. The number of hydrogen-bond donors (Lipinski definition) is 0. The molecule has 0 spiro atoms. The largest absolute Gasteiger partial charge is 0.480 e. The van der Waals surface area contributed by atoms with Crippen LogP contribution in [0.1, 0.15) is 5.56 Å². The number of aromatic nitrogens is 1. The third kappa shape index (κ3) is 1.99. The second-order valence-corrected chi connectivity index (χ2v) is 4.02. The molecule has 2 rings (SSSR count). The molecule has 2 aromatic rings. The quantitative estimate of drug-likeness (QED) is 0.779. The van der Waals surface area contributed by atoms with Gasteiger partial charge < -0.3 is 4.74 Å². The average Bonchev–Trinajstić information content (AvgIpc) is 2.70. The molecule has 0 atom stereocenters. The van der Waals surface area contributed by atoms with Gasteiger partial charge in [-0.05, 0) is 30.7 Å². The summed E-state index contributed by atoms with van der Waals surface area (Å²) in [6.07, 6.45) is 0. The normalized spacial score (nSPS) is 10.3. The van der Waals surface area contributed by atoms with Crippen LogP contribution in [0.5, 0.6) is 5.88 Å². The predicted molar refractivity (Wildman–Crippen MR) is 58.8 cm³/mol. The molecule has 2 nitrogen and oxygen atoms in total. The summed E-state index contributed by atoms with van der Waals surface area (Å²) in [6.45, 7) is 1.74. The van der Waals surface area contributed by atoms with Gasteiger partial charge in [-0.15, -0.1) is 11.3 Å². The van der Waals surface area contributed by atoms with Crippen molar-refractivity contribution in [2.45, 2.75) is 6.92 Å². The van der Waals surface area contributed by atoms with Crippen LogP contribution in [0.4, 0.5) is 4.39 Å². The van der Waals surface area contributed by atoms with Gasteiger partial charge in [-0.2, -0.15) is 0 Å². The standard InChI is InChI=1S/C11H10FNOS/c1-7-5-8(3-4-9(7)12)11-13-10(14-2)6-15-11/h3-6H,1-2H3. The van der Waals surface area contributed by atoms with Crippen LogP contribution < -0.4 is 4.74 Å². The molecule has 1 aromatic heterocycles. The topological polar surface area (TPSA) is 22.1 Å². The zero-order valence-corrected chi connectivity index (χ0v) is 9.27. The maximum atomic E-state index is 13.0. The highest BCUT2D eigenvalue weighted by atomic mass is 32.1. The van der Waals surface area contributed by atoms with Crippen LogP contribution in [0.2, 0.25) is 0 Å². The van der Waals surface area contributed by atoms with E-state index >= 15 is 0 Å². The Morgan fingerprint density at radius 1 is 1.40 bits per heavy atom. The Kier molecular flexibility index (Phi) is 2.68. The molecular formula is C11H10FNOS. The maximum absolute atomic E-state index is 13.0. The van der Waals surface area contributed by atoms with E-state index < -0.39 is 0 Å². The highest BCUT2D eigenvalue weighted by molar-refractivity contribution is 7.13. The number of rotatable bonds is 2. The number of benzene rings is 1. The highest BCUT2D eigenvalue weighted by Gasteiger charge is 2.06.